The van der Waals surface area contributed by atoms with Crippen LogP contribution in [0.15, 0.2) is 53.4 Å². The molecule has 0 spiro atoms. The molecule has 0 aliphatic carbocycles. The molecule has 3 rings (SSSR count). The van der Waals surface area contributed by atoms with Crippen molar-refractivity contribution in [1.29, 1.82) is 0 Å². The summed E-state index contributed by atoms with van der Waals surface area (Å²) in [7, 11) is -3.72. The maximum atomic E-state index is 12.8. The maximum Gasteiger partial charge on any atom is 0.261 e. The molecule has 0 amide bonds. The molecule has 0 saturated carbocycles. The lowest BCUT2D eigenvalue weighted by molar-refractivity contribution is 0.337. The summed E-state index contributed by atoms with van der Waals surface area (Å²) in [5, 5.41) is 3.20. The Morgan fingerprint density at radius 2 is 1.58 bits per heavy atom. The van der Waals surface area contributed by atoms with E-state index in [-0.39, 0.29) is 4.90 Å². The Bertz CT molecular complexity index is 1190. The Morgan fingerprint density at radius 1 is 0.909 bits per heavy atom. The van der Waals surface area contributed by atoms with E-state index in [0.29, 0.717) is 24.0 Å². The number of nitrogens with one attached hydrogen (secondary N) is 2. The van der Waals surface area contributed by atoms with Gasteiger partial charge in [0.15, 0.2) is 0 Å². The second kappa shape index (κ2) is 10.5. The van der Waals surface area contributed by atoms with E-state index < -0.39 is 10.0 Å². The van der Waals surface area contributed by atoms with Gasteiger partial charge in [-0.15, -0.1) is 0 Å². The largest absolute Gasteiger partial charge is 0.494 e. The molecule has 0 atom stereocenters. The Hall–Kier alpha value is -3.33. The number of hydrogen-bond donors (Lipinski definition) is 2. The van der Waals surface area contributed by atoms with Crippen molar-refractivity contribution in [3.05, 3.63) is 59.8 Å². The quantitative estimate of drug-likeness (QED) is 0.437. The molecular formula is C24H31N5O3S. The Morgan fingerprint density at radius 3 is 2.18 bits per heavy atom. The lowest BCUT2D eigenvalue weighted by Gasteiger charge is -2.20. The van der Waals surface area contributed by atoms with Gasteiger partial charge in [0.1, 0.15) is 11.6 Å². The molecule has 0 radical (unpaired) electrons. The first-order valence-corrected chi connectivity index (χ1v) is 12.5. The number of aryl methyl sites for hydroxylation is 2. The van der Waals surface area contributed by atoms with Crippen LogP contribution in [-0.4, -0.2) is 38.1 Å². The first kappa shape index (κ1) is 24.3. The van der Waals surface area contributed by atoms with Crippen molar-refractivity contribution in [3.8, 4) is 5.75 Å². The van der Waals surface area contributed by atoms with Gasteiger partial charge in [-0.25, -0.2) is 13.4 Å². The van der Waals surface area contributed by atoms with Gasteiger partial charge in [-0.1, -0.05) is 0 Å². The van der Waals surface area contributed by atoms with Crippen molar-refractivity contribution in [2.75, 3.05) is 34.6 Å². The highest BCUT2D eigenvalue weighted by Gasteiger charge is 2.16. The molecule has 2 aromatic carbocycles. The lowest BCUT2D eigenvalue weighted by atomic mass is 10.2. The van der Waals surface area contributed by atoms with Crippen molar-refractivity contribution in [1.82, 2.24) is 9.97 Å². The lowest BCUT2D eigenvalue weighted by Crippen LogP contribution is -2.23. The molecule has 0 unspecified atom stereocenters. The zero-order valence-corrected chi connectivity index (χ0v) is 20.5. The van der Waals surface area contributed by atoms with Gasteiger partial charge < -0.3 is 15.0 Å². The van der Waals surface area contributed by atoms with E-state index in [4.69, 9.17) is 4.74 Å². The van der Waals surface area contributed by atoms with Crippen LogP contribution in [0.5, 0.6) is 5.75 Å². The molecule has 8 nitrogen and oxygen atoms in total. The Labute approximate surface area is 196 Å². The number of hydrogen-bond acceptors (Lipinski definition) is 7. The smallest absolute Gasteiger partial charge is 0.261 e. The van der Waals surface area contributed by atoms with Crippen LogP contribution in [0, 0.1) is 13.8 Å². The van der Waals surface area contributed by atoms with Gasteiger partial charge in [0.25, 0.3) is 10.0 Å². The van der Waals surface area contributed by atoms with Crippen molar-refractivity contribution in [2.45, 2.75) is 39.5 Å². The fourth-order valence-corrected chi connectivity index (χ4v) is 4.53. The fraction of sp³-hybridized carbons (Fsp3) is 0.333. The molecule has 176 valence electrons. The normalized spacial score (nSPS) is 11.2. The molecule has 0 saturated heterocycles. The van der Waals surface area contributed by atoms with Gasteiger partial charge >= 0.3 is 0 Å². The molecule has 1 aromatic heterocycles. The minimum Gasteiger partial charge on any atom is -0.494 e. The summed E-state index contributed by atoms with van der Waals surface area (Å²) in [6, 6.07) is 13.7. The monoisotopic (exact) mass is 469 g/mol. The van der Waals surface area contributed by atoms with E-state index >= 15 is 0 Å². The van der Waals surface area contributed by atoms with Crippen LogP contribution < -0.4 is 19.7 Å². The average Bonchev–Trinajstić information content (AvgIpc) is 2.77. The zero-order chi connectivity index (χ0) is 24.0. The highest BCUT2D eigenvalue weighted by Crippen LogP contribution is 2.25. The van der Waals surface area contributed by atoms with E-state index in [1.165, 1.54) is 0 Å². The summed E-state index contributed by atoms with van der Waals surface area (Å²) in [4.78, 5) is 11.4. The SMILES string of the molecule is CCOc1ccc(S(=O)(=O)Nc2ccc(Nc3nc(C)cc(N(CC)CC)n3)cc2)cc1C. The molecule has 3 aromatic rings. The van der Waals surface area contributed by atoms with Crippen molar-refractivity contribution >= 4 is 33.2 Å². The number of sulfonamides is 1. The number of anilines is 4. The van der Waals surface area contributed by atoms with Crippen molar-refractivity contribution in [2.24, 2.45) is 0 Å². The average molecular weight is 470 g/mol. The molecule has 0 fully saturated rings. The van der Waals surface area contributed by atoms with Crippen LogP contribution in [0.25, 0.3) is 0 Å². The number of rotatable bonds is 10. The Kier molecular flexibility index (Phi) is 7.75. The minimum atomic E-state index is -3.72. The van der Waals surface area contributed by atoms with Crippen LogP contribution in [0.2, 0.25) is 0 Å². The van der Waals surface area contributed by atoms with Crippen molar-refractivity contribution in [3.63, 3.8) is 0 Å². The second-order valence-electron chi connectivity index (χ2n) is 7.53. The van der Waals surface area contributed by atoms with Crippen molar-refractivity contribution < 1.29 is 13.2 Å². The number of aromatic nitrogens is 2. The molecule has 2 N–H and O–H groups in total. The van der Waals surface area contributed by atoms with E-state index in [1.54, 1.807) is 42.5 Å². The third kappa shape index (κ3) is 6.13. The van der Waals surface area contributed by atoms with Gasteiger partial charge in [-0.3, -0.25) is 4.72 Å². The number of benzene rings is 2. The van der Waals surface area contributed by atoms with Gasteiger partial charge in [0.2, 0.25) is 5.95 Å². The van der Waals surface area contributed by atoms with Crippen LogP contribution >= 0.6 is 0 Å². The van der Waals surface area contributed by atoms with E-state index in [1.807, 2.05) is 26.8 Å². The molecule has 33 heavy (non-hydrogen) atoms. The van der Waals surface area contributed by atoms with Gasteiger partial charge in [-0.05, 0) is 82.6 Å². The second-order valence-corrected chi connectivity index (χ2v) is 9.21. The summed E-state index contributed by atoms with van der Waals surface area (Å²) in [6.45, 7) is 12.0. The summed E-state index contributed by atoms with van der Waals surface area (Å²) >= 11 is 0. The van der Waals surface area contributed by atoms with Crippen LogP contribution in [0.1, 0.15) is 32.0 Å². The third-order valence-corrected chi connectivity index (χ3v) is 6.46. The summed E-state index contributed by atoms with van der Waals surface area (Å²) in [6.07, 6.45) is 0. The molecule has 0 aliphatic heterocycles. The highest BCUT2D eigenvalue weighted by atomic mass is 32.2. The standard InChI is InChI=1S/C24H31N5O3S/c1-6-29(7-2)23-16-18(5)25-24(27-23)26-19-9-11-20(12-10-19)28-33(30,31)21-13-14-22(32-8-3)17(4)15-21/h9-16,28H,6-8H2,1-5H3,(H,25,26,27). The van der Waals surface area contributed by atoms with E-state index in [2.05, 4.69) is 38.8 Å². The summed E-state index contributed by atoms with van der Waals surface area (Å²) in [5.41, 5.74) is 2.85. The zero-order valence-electron chi connectivity index (χ0n) is 19.7. The molecule has 1 heterocycles. The maximum absolute atomic E-state index is 12.8. The first-order valence-electron chi connectivity index (χ1n) is 11.0. The summed E-state index contributed by atoms with van der Waals surface area (Å²) < 4.78 is 33.7. The van der Waals surface area contributed by atoms with Crippen LogP contribution in [-0.2, 0) is 10.0 Å². The van der Waals surface area contributed by atoms with Gasteiger partial charge in [0, 0.05) is 36.2 Å². The van der Waals surface area contributed by atoms with E-state index in [9.17, 15) is 8.42 Å². The highest BCUT2D eigenvalue weighted by molar-refractivity contribution is 7.92. The van der Waals surface area contributed by atoms with Gasteiger partial charge in [-0.2, -0.15) is 4.98 Å². The third-order valence-electron chi connectivity index (χ3n) is 5.08. The topological polar surface area (TPSA) is 96.5 Å². The molecule has 0 bridgehead atoms. The van der Waals surface area contributed by atoms with Gasteiger partial charge in [0.05, 0.1) is 11.5 Å². The summed E-state index contributed by atoms with van der Waals surface area (Å²) in [5.74, 6) is 2.04. The minimum absolute atomic E-state index is 0.183. The predicted octanol–water partition coefficient (Wildman–Crippen LogP) is 4.88. The molecule has 9 heteroatoms. The van der Waals surface area contributed by atoms with E-state index in [0.717, 1.165) is 35.9 Å². The Balaban J connectivity index is 1.74. The molecule has 0 aliphatic rings. The fourth-order valence-electron chi connectivity index (χ4n) is 3.39. The van der Waals surface area contributed by atoms with Crippen LogP contribution in [0.3, 0.4) is 0 Å². The number of nitrogens with zero attached hydrogens (tertiary/aromatic N) is 3. The molecular weight excluding hydrogens is 438 g/mol. The number of ether oxygens (including phenoxy) is 1. The van der Waals surface area contributed by atoms with Crippen LogP contribution in [0.4, 0.5) is 23.1 Å². The predicted molar refractivity (Wildman–Crippen MR) is 133 cm³/mol. The first-order chi connectivity index (χ1) is 15.7.